The Kier molecular flexibility index (Phi) is 7.81. The molecule has 0 bridgehead atoms. The molecule has 1 atom stereocenters. The molecule has 0 spiro atoms. The number of halogens is 2. The number of amides is 1. The van der Waals surface area contributed by atoms with E-state index in [-0.39, 0.29) is 11.5 Å². The van der Waals surface area contributed by atoms with Crippen molar-refractivity contribution in [2.45, 2.75) is 13.0 Å². The van der Waals surface area contributed by atoms with E-state index in [1.807, 2.05) is 12.1 Å². The van der Waals surface area contributed by atoms with Gasteiger partial charge in [0.1, 0.15) is 11.5 Å². The summed E-state index contributed by atoms with van der Waals surface area (Å²) in [5.74, 6) is 0.0166. The number of hydrazone groups is 1. The van der Waals surface area contributed by atoms with Crippen LogP contribution >= 0.6 is 27.5 Å². The summed E-state index contributed by atoms with van der Waals surface area (Å²) in [5, 5.41) is 4.26. The van der Waals surface area contributed by atoms with E-state index in [1.165, 1.54) is 6.21 Å². The summed E-state index contributed by atoms with van der Waals surface area (Å²) in [6.07, 6.45) is 0.758. The van der Waals surface area contributed by atoms with Gasteiger partial charge in [0, 0.05) is 4.47 Å². The standard InChI is InChI=1S/C23H18BrClN2O4/c1-15(30-18-12-8-17(24)9-13-18)22(28)27-26-14-16-6-10-19(11-7-16)31-23(29)20-4-2-3-5-21(20)25/h2-15H,1H3,(H,27,28)/b26-14+. The second kappa shape index (κ2) is 10.7. The van der Waals surface area contributed by atoms with Crippen LogP contribution in [0.3, 0.4) is 0 Å². The molecule has 8 heteroatoms. The minimum atomic E-state index is -0.718. The summed E-state index contributed by atoms with van der Waals surface area (Å²) >= 11 is 9.35. The first-order valence-electron chi connectivity index (χ1n) is 9.24. The Morgan fingerprint density at radius 3 is 2.32 bits per heavy atom. The highest BCUT2D eigenvalue weighted by Crippen LogP contribution is 2.19. The first-order chi connectivity index (χ1) is 14.9. The zero-order chi connectivity index (χ0) is 22.2. The fraction of sp³-hybridized carbons (Fsp3) is 0.0870. The van der Waals surface area contributed by atoms with Gasteiger partial charge >= 0.3 is 5.97 Å². The molecule has 0 aliphatic carbocycles. The molecule has 1 unspecified atom stereocenters. The summed E-state index contributed by atoms with van der Waals surface area (Å²) in [5.41, 5.74) is 3.43. The third-order valence-corrected chi connectivity index (χ3v) is 4.93. The fourth-order valence-electron chi connectivity index (χ4n) is 2.44. The van der Waals surface area contributed by atoms with Crippen molar-refractivity contribution < 1.29 is 19.1 Å². The molecule has 158 valence electrons. The number of hydrogen-bond acceptors (Lipinski definition) is 5. The first kappa shape index (κ1) is 22.5. The largest absolute Gasteiger partial charge is 0.481 e. The minimum absolute atomic E-state index is 0.289. The average molecular weight is 502 g/mol. The number of benzene rings is 3. The van der Waals surface area contributed by atoms with Gasteiger partial charge in [0.15, 0.2) is 6.10 Å². The second-order valence-electron chi connectivity index (χ2n) is 6.39. The van der Waals surface area contributed by atoms with Crippen molar-refractivity contribution in [3.05, 3.63) is 93.4 Å². The molecule has 6 nitrogen and oxygen atoms in total. The van der Waals surface area contributed by atoms with Crippen LogP contribution in [-0.4, -0.2) is 24.2 Å². The van der Waals surface area contributed by atoms with E-state index in [4.69, 9.17) is 21.1 Å². The third kappa shape index (κ3) is 6.67. The number of esters is 1. The number of carbonyl (C=O) groups excluding carboxylic acids is 2. The van der Waals surface area contributed by atoms with Crippen LogP contribution in [0.15, 0.2) is 82.4 Å². The lowest BCUT2D eigenvalue weighted by atomic mass is 10.2. The quantitative estimate of drug-likeness (QED) is 0.208. The fourth-order valence-corrected chi connectivity index (χ4v) is 2.92. The summed E-state index contributed by atoms with van der Waals surface area (Å²) in [4.78, 5) is 24.3. The van der Waals surface area contributed by atoms with Crippen molar-refractivity contribution in [2.75, 3.05) is 0 Å². The molecule has 0 aliphatic heterocycles. The predicted octanol–water partition coefficient (Wildman–Crippen LogP) is 5.24. The normalized spacial score (nSPS) is 11.7. The lowest BCUT2D eigenvalue weighted by Crippen LogP contribution is -2.33. The van der Waals surface area contributed by atoms with Crippen molar-refractivity contribution in [1.29, 1.82) is 0 Å². The molecular formula is C23H18BrClN2O4. The Labute approximate surface area is 193 Å². The molecule has 31 heavy (non-hydrogen) atoms. The highest BCUT2D eigenvalue weighted by atomic mass is 79.9. The number of ether oxygens (including phenoxy) is 2. The topological polar surface area (TPSA) is 77.0 Å². The van der Waals surface area contributed by atoms with Gasteiger partial charge in [-0.25, -0.2) is 10.2 Å². The molecule has 0 saturated carbocycles. The molecule has 1 N–H and O–H groups in total. The van der Waals surface area contributed by atoms with Crippen molar-refractivity contribution in [3.8, 4) is 11.5 Å². The molecule has 0 aliphatic rings. The number of nitrogens with zero attached hydrogens (tertiary/aromatic N) is 1. The number of carbonyl (C=O) groups is 2. The first-order valence-corrected chi connectivity index (χ1v) is 10.4. The average Bonchev–Trinajstić information content (AvgIpc) is 2.76. The van der Waals surface area contributed by atoms with E-state index in [2.05, 4.69) is 26.5 Å². The molecule has 3 aromatic rings. The lowest BCUT2D eigenvalue weighted by Gasteiger charge is -2.12. The van der Waals surface area contributed by atoms with Crippen molar-refractivity contribution >= 4 is 45.6 Å². The van der Waals surface area contributed by atoms with Crippen molar-refractivity contribution in [1.82, 2.24) is 5.43 Å². The third-order valence-electron chi connectivity index (χ3n) is 4.07. The molecule has 0 heterocycles. The van der Waals surface area contributed by atoms with E-state index in [0.717, 1.165) is 4.47 Å². The maximum Gasteiger partial charge on any atom is 0.345 e. The van der Waals surface area contributed by atoms with E-state index in [1.54, 1.807) is 67.6 Å². The van der Waals surface area contributed by atoms with Gasteiger partial charge in [0.2, 0.25) is 0 Å². The van der Waals surface area contributed by atoms with Crippen molar-refractivity contribution in [3.63, 3.8) is 0 Å². The van der Waals surface area contributed by atoms with Crippen LogP contribution in [0, 0.1) is 0 Å². The molecule has 3 aromatic carbocycles. The Bertz CT molecular complexity index is 1090. The van der Waals surface area contributed by atoms with Gasteiger partial charge in [-0.2, -0.15) is 5.10 Å². The smallest absolute Gasteiger partial charge is 0.345 e. The van der Waals surface area contributed by atoms with Gasteiger partial charge < -0.3 is 9.47 Å². The molecule has 0 radical (unpaired) electrons. The highest BCUT2D eigenvalue weighted by molar-refractivity contribution is 9.10. The molecule has 3 rings (SSSR count). The summed E-state index contributed by atoms with van der Waals surface area (Å²) < 4.78 is 11.8. The van der Waals surface area contributed by atoms with Gasteiger partial charge in [-0.15, -0.1) is 0 Å². The van der Waals surface area contributed by atoms with Gasteiger partial charge in [-0.1, -0.05) is 39.7 Å². The van der Waals surface area contributed by atoms with Crippen LogP contribution in [0.5, 0.6) is 11.5 Å². The van der Waals surface area contributed by atoms with E-state index in [0.29, 0.717) is 22.1 Å². The Morgan fingerprint density at radius 2 is 1.65 bits per heavy atom. The van der Waals surface area contributed by atoms with Crippen LogP contribution in [-0.2, 0) is 4.79 Å². The summed E-state index contributed by atoms with van der Waals surface area (Å²) in [6, 6.07) is 20.5. The van der Waals surface area contributed by atoms with Gasteiger partial charge in [-0.3, -0.25) is 4.79 Å². The number of hydrogen-bond donors (Lipinski definition) is 1. The van der Waals surface area contributed by atoms with Gasteiger partial charge in [-0.05, 0) is 73.2 Å². The maximum atomic E-state index is 12.2. The van der Waals surface area contributed by atoms with Crippen LogP contribution in [0.25, 0.3) is 0 Å². The van der Waals surface area contributed by atoms with Crippen LogP contribution < -0.4 is 14.9 Å². The molecule has 0 fully saturated rings. The predicted molar refractivity (Wildman–Crippen MR) is 123 cm³/mol. The van der Waals surface area contributed by atoms with Gasteiger partial charge in [0.05, 0.1) is 16.8 Å². The summed E-state index contributed by atoms with van der Waals surface area (Å²) in [7, 11) is 0. The van der Waals surface area contributed by atoms with Crippen LogP contribution in [0.2, 0.25) is 5.02 Å². The maximum absolute atomic E-state index is 12.2. The molecular weight excluding hydrogens is 484 g/mol. The number of rotatable bonds is 7. The van der Waals surface area contributed by atoms with Crippen LogP contribution in [0.1, 0.15) is 22.8 Å². The molecule has 1 amide bonds. The SMILES string of the molecule is CC(Oc1ccc(Br)cc1)C(=O)N/N=C/c1ccc(OC(=O)c2ccccc2Cl)cc1. The minimum Gasteiger partial charge on any atom is -0.481 e. The lowest BCUT2D eigenvalue weighted by molar-refractivity contribution is -0.127. The van der Waals surface area contributed by atoms with Gasteiger partial charge in [0.25, 0.3) is 5.91 Å². The Balaban J connectivity index is 1.51. The van der Waals surface area contributed by atoms with Crippen LogP contribution in [0.4, 0.5) is 0 Å². The Hall–Kier alpha value is -3.16. The second-order valence-corrected chi connectivity index (χ2v) is 7.71. The zero-order valence-corrected chi connectivity index (χ0v) is 18.8. The monoisotopic (exact) mass is 500 g/mol. The number of nitrogens with one attached hydrogen (secondary N) is 1. The zero-order valence-electron chi connectivity index (χ0n) is 16.4. The molecule has 0 aromatic heterocycles. The molecule has 0 saturated heterocycles. The Morgan fingerprint density at radius 1 is 1.00 bits per heavy atom. The summed E-state index contributed by atoms with van der Waals surface area (Å²) in [6.45, 7) is 1.63. The highest BCUT2D eigenvalue weighted by Gasteiger charge is 2.14. The van der Waals surface area contributed by atoms with Crippen molar-refractivity contribution in [2.24, 2.45) is 5.10 Å². The van der Waals surface area contributed by atoms with E-state index < -0.39 is 12.1 Å². The van der Waals surface area contributed by atoms with E-state index >= 15 is 0 Å². The van der Waals surface area contributed by atoms with E-state index in [9.17, 15) is 9.59 Å².